The highest BCUT2D eigenvalue weighted by Gasteiger charge is 2.17. The molecule has 0 aliphatic carbocycles. The number of aromatic nitrogens is 3. The number of hydrogen-bond acceptors (Lipinski definition) is 3. The first-order valence-corrected chi connectivity index (χ1v) is 12.2. The van der Waals surface area contributed by atoms with Gasteiger partial charge >= 0.3 is 5.84 Å². The van der Waals surface area contributed by atoms with Crippen LogP contribution in [0.1, 0.15) is 0 Å². The van der Waals surface area contributed by atoms with E-state index >= 15 is 0 Å². The van der Waals surface area contributed by atoms with Crippen LogP contribution in [0.5, 0.6) is 0 Å². The monoisotopic (exact) mass is 477 g/mol. The molecule has 8 aromatic rings. The Bertz CT molecular complexity index is 2220. The van der Waals surface area contributed by atoms with E-state index in [1.165, 1.54) is 21.9 Å². The highest BCUT2D eigenvalue weighted by Crippen LogP contribution is 2.36. The lowest BCUT2D eigenvalue weighted by molar-refractivity contribution is 0.636. The van der Waals surface area contributed by atoms with E-state index < -0.39 is 0 Å². The van der Waals surface area contributed by atoms with Gasteiger partial charge in [-0.3, -0.25) is 9.20 Å². The zero-order chi connectivity index (χ0) is 24.5. The molecule has 0 atom stereocenters. The van der Waals surface area contributed by atoms with Crippen molar-refractivity contribution in [2.45, 2.75) is 0 Å². The fraction of sp³-hybridized carbons (Fsp3) is 0. The molecule has 0 N–H and O–H groups in total. The van der Waals surface area contributed by atoms with E-state index in [1.54, 1.807) is 6.07 Å². The Hall–Kier alpha value is -5.16. The van der Waals surface area contributed by atoms with Gasteiger partial charge in [-0.05, 0) is 59.7 Å². The quantitative estimate of drug-likeness (QED) is 0.261. The summed E-state index contributed by atoms with van der Waals surface area (Å²) in [5.74, 6) is 0.297. The molecular formula is C32H19N3O2. The smallest absolute Gasteiger partial charge is 0.310 e. The molecule has 0 unspecified atom stereocenters. The number of benzene rings is 5. The first kappa shape index (κ1) is 20.1. The highest BCUT2D eigenvalue weighted by atomic mass is 16.4. The molecule has 8 rings (SSSR count). The van der Waals surface area contributed by atoms with Gasteiger partial charge in [0.25, 0.3) is 5.56 Å². The van der Waals surface area contributed by atoms with Gasteiger partial charge in [-0.2, -0.15) is 4.98 Å². The predicted molar refractivity (Wildman–Crippen MR) is 149 cm³/mol. The van der Waals surface area contributed by atoms with Gasteiger partial charge in [0.15, 0.2) is 5.58 Å². The van der Waals surface area contributed by atoms with Crippen LogP contribution in [0.2, 0.25) is 0 Å². The second kappa shape index (κ2) is 7.42. The van der Waals surface area contributed by atoms with Crippen molar-refractivity contribution in [1.29, 1.82) is 0 Å². The summed E-state index contributed by atoms with van der Waals surface area (Å²) >= 11 is 0. The zero-order valence-corrected chi connectivity index (χ0v) is 19.6. The van der Waals surface area contributed by atoms with Gasteiger partial charge in [-0.15, -0.1) is 0 Å². The largest absolute Gasteiger partial charge is 0.423 e. The van der Waals surface area contributed by atoms with Gasteiger partial charge < -0.3 is 8.98 Å². The molecule has 0 bridgehead atoms. The molecule has 5 nitrogen and oxygen atoms in total. The average Bonchev–Trinajstić information content (AvgIpc) is 3.48. The molecule has 174 valence electrons. The minimum absolute atomic E-state index is 0.286. The number of rotatable bonds is 2. The van der Waals surface area contributed by atoms with Crippen molar-refractivity contribution in [2.24, 2.45) is 0 Å². The van der Waals surface area contributed by atoms with Crippen molar-refractivity contribution in [3.63, 3.8) is 0 Å². The third-order valence-electron chi connectivity index (χ3n) is 7.19. The molecule has 0 saturated carbocycles. The predicted octanol–water partition coefficient (Wildman–Crippen LogP) is 7.36. The van der Waals surface area contributed by atoms with E-state index in [0.717, 1.165) is 27.8 Å². The summed E-state index contributed by atoms with van der Waals surface area (Å²) in [4.78, 5) is 16.8. The number of para-hydroxylation sites is 2. The van der Waals surface area contributed by atoms with Crippen molar-refractivity contribution >= 4 is 49.7 Å². The topological polar surface area (TPSA) is 52.4 Å². The van der Waals surface area contributed by atoms with Crippen molar-refractivity contribution in [3.8, 4) is 16.8 Å². The third-order valence-corrected chi connectivity index (χ3v) is 7.19. The number of hydrogen-bond donors (Lipinski definition) is 0. The molecule has 0 fully saturated rings. The molecular weight excluding hydrogens is 458 g/mol. The van der Waals surface area contributed by atoms with Crippen LogP contribution in [0.25, 0.3) is 66.5 Å². The van der Waals surface area contributed by atoms with Crippen molar-refractivity contribution in [1.82, 2.24) is 14.0 Å². The summed E-state index contributed by atoms with van der Waals surface area (Å²) in [7, 11) is 0. The summed E-state index contributed by atoms with van der Waals surface area (Å²) in [5, 5.41) is 2.96. The average molecular weight is 478 g/mol. The molecule has 3 heterocycles. The fourth-order valence-electron chi connectivity index (χ4n) is 5.52. The van der Waals surface area contributed by atoms with E-state index in [1.807, 2.05) is 34.7 Å². The number of oxazole rings is 1. The van der Waals surface area contributed by atoms with Crippen LogP contribution in [0, 0.1) is 0 Å². The maximum atomic E-state index is 12.6. The number of fused-ring (bicyclic) bond motifs is 8. The molecule has 0 radical (unpaired) electrons. The first-order valence-electron chi connectivity index (χ1n) is 12.2. The summed E-state index contributed by atoms with van der Waals surface area (Å²) in [6.07, 6.45) is 0. The molecule has 0 spiro atoms. The Balaban J connectivity index is 1.44. The van der Waals surface area contributed by atoms with Crippen LogP contribution >= 0.6 is 0 Å². The van der Waals surface area contributed by atoms with Crippen molar-refractivity contribution in [3.05, 3.63) is 126 Å². The van der Waals surface area contributed by atoms with Crippen LogP contribution in [0.4, 0.5) is 0 Å². The minimum Gasteiger partial charge on any atom is -0.423 e. The molecule has 3 aromatic heterocycles. The van der Waals surface area contributed by atoms with Gasteiger partial charge in [0.05, 0.1) is 27.5 Å². The third kappa shape index (κ3) is 2.85. The normalized spacial score (nSPS) is 11.9. The Morgan fingerprint density at radius 3 is 2.16 bits per heavy atom. The van der Waals surface area contributed by atoms with Crippen LogP contribution in [-0.2, 0) is 0 Å². The van der Waals surface area contributed by atoms with Gasteiger partial charge in [-0.1, -0.05) is 66.7 Å². The van der Waals surface area contributed by atoms with Crippen LogP contribution in [0.15, 0.2) is 124 Å². The van der Waals surface area contributed by atoms with Crippen LogP contribution in [-0.4, -0.2) is 14.0 Å². The number of nitrogens with zero attached hydrogens (tertiary/aromatic N) is 3. The van der Waals surface area contributed by atoms with Crippen LogP contribution < -0.4 is 5.56 Å². The highest BCUT2D eigenvalue weighted by molar-refractivity contribution is 6.10. The van der Waals surface area contributed by atoms with E-state index in [9.17, 15) is 4.79 Å². The Labute approximate surface area is 210 Å². The van der Waals surface area contributed by atoms with Gasteiger partial charge in [0.2, 0.25) is 0 Å². The molecule has 5 heteroatoms. The van der Waals surface area contributed by atoms with Gasteiger partial charge in [0, 0.05) is 16.5 Å². The molecule has 0 aliphatic rings. The van der Waals surface area contributed by atoms with E-state index in [-0.39, 0.29) is 5.56 Å². The SMILES string of the molecule is O=c1nc2oc3ccc(-n4c5ccccc5c5cc(-c6ccccc6)ccc54)cc3n2c2ccccc12. The summed E-state index contributed by atoms with van der Waals surface area (Å²) in [5.41, 5.74) is 7.69. The van der Waals surface area contributed by atoms with Gasteiger partial charge in [-0.25, -0.2) is 0 Å². The standard InChI is InChI=1S/C32H19N3O2/c36-31-24-11-5-7-13-27(24)35-29-19-22(15-17-30(29)37-32(35)33-31)34-26-12-6-4-10-23(26)25-18-21(14-16-28(25)34)20-8-2-1-3-9-20/h1-19H. The second-order valence-corrected chi connectivity index (χ2v) is 9.26. The molecule has 0 saturated heterocycles. The fourth-order valence-corrected chi connectivity index (χ4v) is 5.52. The summed E-state index contributed by atoms with van der Waals surface area (Å²) in [6, 6.07) is 39.2. The minimum atomic E-state index is -0.286. The lowest BCUT2D eigenvalue weighted by atomic mass is 10.0. The summed E-state index contributed by atoms with van der Waals surface area (Å²) < 4.78 is 10.2. The van der Waals surface area contributed by atoms with Crippen molar-refractivity contribution in [2.75, 3.05) is 0 Å². The Kier molecular flexibility index (Phi) is 4.03. The van der Waals surface area contributed by atoms with E-state index in [2.05, 4.69) is 88.4 Å². The van der Waals surface area contributed by atoms with E-state index in [0.29, 0.717) is 16.8 Å². The Morgan fingerprint density at radius 1 is 0.568 bits per heavy atom. The maximum Gasteiger partial charge on any atom is 0.310 e. The molecule has 37 heavy (non-hydrogen) atoms. The zero-order valence-electron chi connectivity index (χ0n) is 19.6. The second-order valence-electron chi connectivity index (χ2n) is 9.26. The van der Waals surface area contributed by atoms with Crippen molar-refractivity contribution < 1.29 is 4.42 Å². The lowest BCUT2D eigenvalue weighted by Crippen LogP contribution is -2.09. The summed E-state index contributed by atoms with van der Waals surface area (Å²) in [6.45, 7) is 0. The molecule has 5 aromatic carbocycles. The maximum absolute atomic E-state index is 12.6. The lowest BCUT2D eigenvalue weighted by Gasteiger charge is -2.09. The van der Waals surface area contributed by atoms with Gasteiger partial charge in [0.1, 0.15) is 0 Å². The molecule has 0 aliphatic heterocycles. The Morgan fingerprint density at radius 2 is 1.30 bits per heavy atom. The van der Waals surface area contributed by atoms with Crippen LogP contribution in [0.3, 0.4) is 0 Å². The first-order chi connectivity index (χ1) is 18.3. The molecule has 0 amide bonds. The van der Waals surface area contributed by atoms with E-state index in [4.69, 9.17) is 4.42 Å².